The van der Waals surface area contributed by atoms with E-state index in [1.807, 2.05) is 32.0 Å². The Hall–Kier alpha value is -2.57. The van der Waals surface area contributed by atoms with Crippen LogP contribution in [0.25, 0.3) is 10.9 Å². The predicted octanol–water partition coefficient (Wildman–Crippen LogP) is 5.02. The molecule has 2 N–H and O–H groups in total. The van der Waals surface area contributed by atoms with Crippen LogP contribution in [0.15, 0.2) is 65.7 Å². The third kappa shape index (κ3) is 2.89. The second-order valence-corrected chi connectivity index (χ2v) is 10.0. The number of para-hydroxylation sites is 1. The van der Waals surface area contributed by atoms with Crippen LogP contribution in [-0.2, 0) is 10.0 Å². The molecule has 0 bridgehead atoms. The molecule has 3 atom stereocenters. The number of nitrogens with zero attached hydrogens (tertiary/aromatic N) is 1. The highest BCUT2D eigenvalue weighted by atomic mass is 32.2. The van der Waals surface area contributed by atoms with Crippen molar-refractivity contribution >= 4 is 26.6 Å². The molecule has 2 aliphatic rings. The number of nitrogens with one attached hydrogen (secondary N) is 2. The molecule has 2 heterocycles. The Morgan fingerprint density at radius 1 is 1.07 bits per heavy atom. The molecule has 1 aromatic heterocycles. The minimum absolute atomic E-state index is 0.180. The number of rotatable bonds is 5. The third-order valence-corrected chi connectivity index (χ3v) is 8.68. The molecule has 5 nitrogen and oxygen atoms in total. The first-order valence-corrected chi connectivity index (χ1v) is 12.1. The number of benzene rings is 2. The summed E-state index contributed by atoms with van der Waals surface area (Å²) in [4.78, 5) is 3.78. The smallest absolute Gasteiger partial charge is 0.243 e. The van der Waals surface area contributed by atoms with Crippen molar-refractivity contribution in [1.82, 2.24) is 9.29 Å². The number of hydrogen-bond donors (Lipinski definition) is 2. The Bertz CT molecular complexity index is 1220. The second-order valence-electron chi connectivity index (χ2n) is 8.10. The zero-order valence-corrected chi connectivity index (χ0v) is 18.1. The van der Waals surface area contributed by atoms with Gasteiger partial charge in [0.1, 0.15) is 0 Å². The molecule has 30 heavy (non-hydrogen) atoms. The van der Waals surface area contributed by atoms with Crippen molar-refractivity contribution in [2.24, 2.45) is 5.92 Å². The summed E-state index contributed by atoms with van der Waals surface area (Å²) >= 11 is 0. The predicted molar refractivity (Wildman–Crippen MR) is 121 cm³/mol. The van der Waals surface area contributed by atoms with Gasteiger partial charge in [0.05, 0.1) is 10.9 Å². The van der Waals surface area contributed by atoms with Gasteiger partial charge in [0.2, 0.25) is 10.0 Å². The van der Waals surface area contributed by atoms with Gasteiger partial charge in [-0.25, -0.2) is 8.42 Å². The molecular weight excluding hydrogens is 394 g/mol. The van der Waals surface area contributed by atoms with E-state index < -0.39 is 10.0 Å². The average molecular weight is 422 g/mol. The van der Waals surface area contributed by atoms with E-state index >= 15 is 0 Å². The van der Waals surface area contributed by atoms with Crippen LogP contribution < -0.4 is 5.32 Å². The highest BCUT2D eigenvalue weighted by Gasteiger charge is 2.39. The minimum atomic E-state index is -3.47. The van der Waals surface area contributed by atoms with E-state index in [0.29, 0.717) is 23.9 Å². The maximum Gasteiger partial charge on any atom is 0.243 e. The standard InChI is InChI=1S/C24H27N3O2S/c1-3-27(4-2)30(28,29)16-12-13-23-20(14-16)17-9-7-10-19(17)24(26-23)21-15-25-22-11-6-5-8-18(21)22/h5-9,11-15,17,19,24-26H,3-4,10H2,1-2H3. The molecular formula is C24H27N3O2S. The number of H-pyrrole nitrogens is 1. The molecule has 1 aliphatic carbocycles. The zero-order chi connectivity index (χ0) is 20.9. The van der Waals surface area contributed by atoms with Crippen LogP contribution in [0.3, 0.4) is 0 Å². The minimum Gasteiger partial charge on any atom is -0.378 e. The van der Waals surface area contributed by atoms with E-state index in [2.05, 4.69) is 46.8 Å². The van der Waals surface area contributed by atoms with Gasteiger partial charge in [-0.3, -0.25) is 0 Å². The number of allylic oxidation sites excluding steroid dienone is 2. The van der Waals surface area contributed by atoms with Crippen molar-refractivity contribution in [3.63, 3.8) is 0 Å². The lowest BCUT2D eigenvalue weighted by Crippen LogP contribution is -2.32. The van der Waals surface area contributed by atoms with E-state index in [1.54, 1.807) is 6.07 Å². The van der Waals surface area contributed by atoms with Crippen LogP contribution in [0.1, 0.15) is 43.4 Å². The fraction of sp³-hybridized carbons (Fsp3) is 0.333. The fourth-order valence-corrected chi connectivity index (χ4v) is 6.60. The van der Waals surface area contributed by atoms with E-state index in [4.69, 9.17) is 0 Å². The van der Waals surface area contributed by atoms with Crippen molar-refractivity contribution in [1.29, 1.82) is 0 Å². The summed E-state index contributed by atoms with van der Waals surface area (Å²) in [6, 6.07) is 14.1. The van der Waals surface area contributed by atoms with Crippen molar-refractivity contribution in [3.05, 3.63) is 71.9 Å². The number of sulfonamides is 1. The Balaban J connectivity index is 1.57. The molecule has 0 spiro atoms. The summed E-state index contributed by atoms with van der Waals surface area (Å²) in [5.74, 6) is 0.579. The molecule has 3 unspecified atom stereocenters. The number of anilines is 1. The van der Waals surface area contributed by atoms with Gasteiger partial charge in [0.15, 0.2) is 0 Å². The number of aromatic amines is 1. The topological polar surface area (TPSA) is 65.2 Å². The Kier molecular flexibility index (Phi) is 4.71. The van der Waals surface area contributed by atoms with Gasteiger partial charge < -0.3 is 10.3 Å². The summed E-state index contributed by atoms with van der Waals surface area (Å²) < 4.78 is 27.6. The average Bonchev–Trinajstić information content (AvgIpc) is 3.41. The van der Waals surface area contributed by atoms with E-state index in [9.17, 15) is 8.42 Å². The Labute approximate surface area is 177 Å². The fourth-order valence-electron chi connectivity index (χ4n) is 5.10. The number of fused-ring (bicyclic) bond motifs is 4. The Morgan fingerprint density at radius 2 is 1.87 bits per heavy atom. The quantitative estimate of drug-likeness (QED) is 0.568. The molecule has 3 aromatic rings. The van der Waals surface area contributed by atoms with E-state index in [1.165, 1.54) is 15.3 Å². The Morgan fingerprint density at radius 3 is 2.67 bits per heavy atom. The van der Waals surface area contributed by atoms with Crippen molar-refractivity contribution < 1.29 is 8.42 Å². The summed E-state index contributed by atoms with van der Waals surface area (Å²) in [5, 5.41) is 4.97. The van der Waals surface area contributed by atoms with Crippen molar-refractivity contribution in [2.45, 2.75) is 37.1 Å². The summed E-state index contributed by atoms with van der Waals surface area (Å²) in [6.45, 7) is 4.70. The summed E-state index contributed by atoms with van der Waals surface area (Å²) in [6.07, 6.45) is 7.58. The number of hydrogen-bond acceptors (Lipinski definition) is 3. The first-order valence-electron chi connectivity index (χ1n) is 10.7. The molecule has 0 fully saturated rings. The molecule has 2 aromatic carbocycles. The van der Waals surface area contributed by atoms with Crippen molar-refractivity contribution in [3.8, 4) is 0 Å². The van der Waals surface area contributed by atoms with Gasteiger partial charge in [-0.2, -0.15) is 4.31 Å². The lowest BCUT2D eigenvalue weighted by Gasteiger charge is -2.37. The molecule has 5 rings (SSSR count). The first-order chi connectivity index (χ1) is 14.5. The van der Waals surface area contributed by atoms with Gasteiger partial charge in [0, 0.05) is 41.8 Å². The molecule has 0 radical (unpaired) electrons. The molecule has 0 saturated heterocycles. The van der Waals surface area contributed by atoms with Crippen LogP contribution in [0.5, 0.6) is 0 Å². The highest BCUT2D eigenvalue weighted by molar-refractivity contribution is 7.89. The normalized spacial score (nSPS) is 22.8. The molecule has 0 saturated carbocycles. The van der Waals surface area contributed by atoms with Crippen molar-refractivity contribution in [2.75, 3.05) is 18.4 Å². The van der Waals surface area contributed by atoms with Crippen LogP contribution in [0.2, 0.25) is 0 Å². The maximum atomic E-state index is 13.1. The van der Waals surface area contributed by atoms with Gasteiger partial charge >= 0.3 is 0 Å². The van der Waals surface area contributed by atoms with E-state index in [0.717, 1.165) is 23.2 Å². The van der Waals surface area contributed by atoms with Crippen LogP contribution >= 0.6 is 0 Å². The summed E-state index contributed by atoms with van der Waals surface area (Å²) in [7, 11) is -3.47. The largest absolute Gasteiger partial charge is 0.378 e. The maximum absolute atomic E-state index is 13.1. The van der Waals surface area contributed by atoms with Gasteiger partial charge in [-0.05, 0) is 47.7 Å². The molecule has 1 aliphatic heterocycles. The number of aromatic nitrogens is 1. The van der Waals surface area contributed by atoms with Crippen LogP contribution in [0, 0.1) is 5.92 Å². The third-order valence-electron chi connectivity index (χ3n) is 6.63. The zero-order valence-electron chi connectivity index (χ0n) is 17.3. The van der Waals surface area contributed by atoms with Gasteiger partial charge in [-0.15, -0.1) is 0 Å². The van der Waals surface area contributed by atoms with Gasteiger partial charge in [-0.1, -0.05) is 44.2 Å². The lowest BCUT2D eigenvalue weighted by atomic mass is 9.77. The SMILES string of the molecule is CCN(CC)S(=O)(=O)c1ccc2c(c1)C1C=CCC1C(c1c[nH]c3ccccc13)N2. The summed E-state index contributed by atoms with van der Waals surface area (Å²) in [5.41, 5.74) is 4.52. The van der Waals surface area contributed by atoms with Gasteiger partial charge in [0.25, 0.3) is 0 Å². The lowest BCUT2D eigenvalue weighted by molar-refractivity contribution is 0.425. The monoisotopic (exact) mass is 421 g/mol. The highest BCUT2D eigenvalue weighted by Crippen LogP contribution is 2.51. The first kappa shape index (κ1) is 19.4. The molecule has 0 amide bonds. The molecule has 156 valence electrons. The van der Waals surface area contributed by atoms with Crippen LogP contribution in [-0.4, -0.2) is 30.8 Å². The van der Waals surface area contributed by atoms with Crippen LogP contribution in [0.4, 0.5) is 5.69 Å². The molecule has 6 heteroatoms. The van der Waals surface area contributed by atoms with E-state index in [-0.39, 0.29) is 12.0 Å². The second kappa shape index (κ2) is 7.29.